The third kappa shape index (κ3) is 3.05. The zero-order valence-electron chi connectivity index (χ0n) is 11.7. The molecule has 2 nitrogen and oxygen atoms in total. The molecule has 1 saturated heterocycles. The molecule has 2 atom stereocenters. The van der Waals surface area contributed by atoms with Gasteiger partial charge in [0.05, 0.1) is 0 Å². The molecule has 0 saturated carbocycles. The minimum Gasteiger partial charge on any atom is -0.371 e. The molecule has 0 amide bonds. The zero-order valence-corrected chi connectivity index (χ0v) is 11.7. The average molecular weight is 246 g/mol. The molecule has 0 spiro atoms. The van der Waals surface area contributed by atoms with E-state index in [-0.39, 0.29) is 6.04 Å². The Morgan fingerprint density at radius 2 is 2.06 bits per heavy atom. The highest BCUT2D eigenvalue weighted by molar-refractivity contribution is 5.55. The SMILES string of the molecule is CCC1CCCN(c2ccccc2[C@H](C)N)CC1. The maximum absolute atomic E-state index is 6.09. The smallest absolute Gasteiger partial charge is 0.0414 e. The molecule has 1 aromatic carbocycles. The minimum absolute atomic E-state index is 0.117. The lowest BCUT2D eigenvalue weighted by Gasteiger charge is -2.26. The Hall–Kier alpha value is -1.02. The van der Waals surface area contributed by atoms with Crippen molar-refractivity contribution in [2.75, 3.05) is 18.0 Å². The summed E-state index contributed by atoms with van der Waals surface area (Å²) in [5, 5.41) is 0. The molecule has 1 aromatic rings. The average Bonchev–Trinajstić information content (AvgIpc) is 2.63. The van der Waals surface area contributed by atoms with E-state index >= 15 is 0 Å². The molecule has 1 fully saturated rings. The topological polar surface area (TPSA) is 29.3 Å². The van der Waals surface area contributed by atoms with Crippen molar-refractivity contribution in [1.29, 1.82) is 0 Å². The van der Waals surface area contributed by atoms with Gasteiger partial charge in [0, 0.05) is 24.8 Å². The van der Waals surface area contributed by atoms with E-state index in [9.17, 15) is 0 Å². The van der Waals surface area contributed by atoms with E-state index in [0.29, 0.717) is 0 Å². The Balaban J connectivity index is 2.16. The summed E-state index contributed by atoms with van der Waals surface area (Å²) >= 11 is 0. The maximum Gasteiger partial charge on any atom is 0.0414 e. The number of hydrogen-bond acceptors (Lipinski definition) is 2. The summed E-state index contributed by atoms with van der Waals surface area (Å²) in [6.45, 7) is 6.75. The normalized spacial score (nSPS) is 22.6. The molecule has 0 radical (unpaired) electrons. The number of para-hydroxylation sites is 1. The zero-order chi connectivity index (χ0) is 13.0. The molecular formula is C16H26N2. The molecule has 2 N–H and O–H groups in total. The fourth-order valence-electron chi connectivity index (χ4n) is 2.98. The molecule has 2 heteroatoms. The fourth-order valence-corrected chi connectivity index (χ4v) is 2.98. The van der Waals surface area contributed by atoms with Crippen LogP contribution in [-0.4, -0.2) is 13.1 Å². The standard InChI is InChI=1S/C16H26N2/c1-3-14-7-6-11-18(12-10-14)16-9-5-4-8-15(16)13(2)17/h4-5,8-9,13-14H,3,6-7,10-12,17H2,1-2H3/t13-,14?/m0/s1. The van der Waals surface area contributed by atoms with Gasteiger partial charge in [0.25, 0.3) is 0 Å². The molecule has 0 aromatic heterocycles. The van der Waals surface area contributed by atoms with Gasteiger partial charge in [-0.05, 0) is 43.7 Å². The van der Waals surface area contributed by atoms with Crippen LogP contribution in [0.4, 0.5) is 5.69 Å². The summed E-state index contributed by atoms with van der Waals surface area (Å²) in [5.41, 5.74) is 8.72. The second kappa shape index (κ2) is 6.24. The van der Waals surface area contributed by atoms with E-state index < -0.39 is 0 Å². The maximum atomic E-state index is 6.09. The van der Waals surface area contributed by atoms with Gasteiger partial charge in [-0.2, -0.15) is 0 Å². The molecule has 1 heterocycles. The summed E-state index contributed by atoms with van der Waals surface area (Å²) in [5.74, 6) is 0.914. The van der Waals surface area contributed by atoms with Crippen LogP contribution in [0.25, 0.3) is 0 Å². The van der Waals surface area contributed by atoms with E-state index in [0.717, 1.165) is 5.92 Å². The van der Waals surface area contributed by atoms with Crippen molar-refractivity contribution in [2.45, 2.75) is 45.6 Å². The summed E-state index contributed by atoms with van der Waals surface area (Å²) in [6.07, 6.45) is 5.34. The predicted octanol–water partition coefficient (Wildman–Crippen LogP) is 3.72. The highest BCUT2D eigenvalue weighted by atomic mass is 15.1. The highest BCUT2D eigenvalue weighted by Gasteiger charge is 2.18. The van der Waals surface area contributed by atoms with Crippen LogP contribution in [0, 0.1) is 5.92 Å². The van der Waals surface area contributed by atoms with E-state index in [1.54, 1.807) is 0 Å². The molecule has 1 aliphatic rings. The van der Waals surface area contributed by atoms with Crippen LogP contribution in [0.1, 0.15) is 51.1 Å². The first-order valence-electron chi connectivity index (χ1n) is 7.31. The third-order valence-electron chi connectivity index (χ3n) is 4.19. The van der Waals surface area contributed by atoms with Gasteiger partial charge in [-0.1, -0.05) is 31.5 Å². The van der Waals surface area contributed by atoms with Gasteiger partial charge in [-0.15, -0.1) is 0 Å². The van der Waals surface area contributed by atoms with Crippen LogP contribution in [0.2, 0.25) is 0 Å². The Bertz CT molecular complexity index is 373. The second-order valence-corrected chi connectivity index (χ2v) is 5.54. The number of hydrogen-bond donors (Lipinski definition) is 1. The third-order valence-corrected chi connectivity index (χ3v) is 4.19. The van der Waals surface area contributed by atoms with Crippen molar-refractivity contribution < 1.29 is 0 Å². The predicted molar refractivity (Wildman–Crippen MR) is 78.9 cm³/mol. The number of rotatable bonds is 3. The fraction of sp³-hybridized carbons (Fsp3) is 0.625. The van der Waals surface area contributed by atoms with Gasteiger partial charge in [0.2, 0.25) is 0 Å². The molecular weight excluding hydrogens is 220 g/mol. The van der Waals surface area contributed by atoms with Crippen molar-refractivity contribution in [3.05, 3.63) is 29.8 Å². The minimum atomic E-state index is 0.117. The molecule has 0 bridgehead atoms. The van der Waals surface area contributed by atoms with E-state index in [4.69, 9.17) is 5.73 Å². The van der Waals surface area contributed by atoms with Gasteiger partial charge >= 0.3 is 0 Å². The van der Waals surface area contributed by atoms with Gasteiger partial charge in [0.1, 0.15) is 0 Å². The van der Waals surface area contributed by atoms with Crippen molar-refractivity contribution in [1.82, 2.24) is 0 Å². The van der Waals surface area contributed by atoms with Crippen molar-refractivity contribution in [2.24, 2.45) is 11.7 Å². The Morgan fingerprint density at radius 3 is 2.78 bits per heavy atom. The lowest BCUT2D eigenvalue weighted by atomic mass is 9.98. The van der Waals surface area contributed by atoms with Crippen LogP contribution in [0.3, 0.4) is 0 Å². The second-order valence-electron chi connectivity index (χ2n) is 5.54. The Kier molecular flexibility index (Phi) is 4.65. The molecule has 0 aliphatic carbocycles. The lowest BCUT2D eigenvalue weighted by molar-refractivity contribution is 0.459. The number of benzene rings is 1. The highest BCUT2D eigenvalue weighted by Crippen LogP contribution is 2.29. The van der Waals surface area contributed by atoms with Crippen molar-refractivity contribution in [3.8, 4) is 0 Å². The Morgan fingerprint density at radius 1 is 1.28 bits per heavy atom. The first kappa shape index (κ1) is 13.4. The summed E-state index contributed by atoms with van der Waals surface area (Å²) in [7, 11) is 0. The van der Waals surface area contributed by atoms with Crippen molar-refractivity contribution >= 4 is 5.69 Å². The van der Waals surface area contributed by atoms with Crippen LogP contribution in [-0.2, 0) is 0 Å². The molecule has 1 unspecified atom stereocenters. The summed E-state index contributed by atoms with van der Waals surface area (Å²) < 4.78 is 0. The van der Waals surface area contributed by atoms with Gasteiger partial charge in [-0.3, -0.25) is 0 Å². The number of nitrogens with two attached hydrogens (primary N) is 1. The molecule has 18 heavy (non-hydrogen) atoms. The number of anilines is 1. The van der Waals surface area contributed by atoms with Gasteiger partial charge in [-0.25, -0.2) is 0 Å². The first-order chi connectivity index (χ1) is 8.72. The van der Waals surface area contributed by atoms with Gasteiger partial charge in [0.15, 0.2) is 0 Å². The summed E-state index contributed by atoms with van der Waals surface area (Å²) in [6, 6.07) is 8.73. The van der Waals surface area contributed by atoms with Crippen LogP contribution < -0.4 is 10.6 Å². The van der Waals surface area contributed by atoms with E-state index in [1.807, 2.05) is 0 Å². The van der Waals surface area contributed by atoms with Crippen LogP contribution in [0.15, 0.2) is 24.3 Å². The quantitative estimate of drug-likeness (QED) is 0.880. The first-order valence-corrected chi connectivity index (χ1v) is 7.31. The largest absolute Gasteiger partial charge is 0.371 e. The molecule has 1 aliphatic heterocycles. The van der Waals surface area contributed by atoms with E-state index in [1.165, 1.54) is 50.0 Å². The van der Waals surface area contributed by atoms with Crippen LogP contribution in [0.5, 0.6) is 0 Å². The number of nitrogens with zero attached hydrogens (tertiary/aromatic N) is 1. The Labute approximate surface area is 111 Å². The van der Waals surface area contributed by atoms with Crippen LogP contribution >= 0.6 is 0 Å². The monoisotopic (exact) mass is 246 g/mol. The summed E-state index contributed by atoms with van der Waals surface area (Å²) in [4.78, 5) is 2.54. The molecule has 2 rings (SSSR count). The van der Waals surface area contributed by atoms with E-state index in [2.05, 4.69) is 43.0 Å². The van der Waals surface area contributed by atoms with Gasteiger partial charge < -0.3 is 10.6 Å². The lowest BCUT2D eigenvalue weighted by Crippen LogP contribution is -2.26. The molecule has 100 valence electrons. The van der Waals surface area contributed by atoms with Crippen molar-refractivity contribution in [3.63, 3.8) is 0 Å².